The van der Waals surface area contributed by atoms with Crippen LogP contribution in [-0.4, -0.2) is 50.1 Å². The topological polar surface area (TPSA) is 143 Å². The molecule has 2 rings (SSSR count). The summed E-state index contributed by atoms with van der Waals surface area (Å²) in [6.45, 7) is 1.06. The van der Waals surface area contributed by atoms with E-state index in [4.69, 9.17) is 18.9 Å². The molecule has 0 aliphatic rings. The molecule has 0 spiro atoms. The monoisotopic (exact) mass is 432 g/mol. The van der Waals surface area contributed by atoms with Crippen molar-refractivity contribution in [3.8, 4) is 17.2 Å². The predicted octanol–water partition coefficient (Wildman–Crippen LogP) is 2.12. The quantitative estimate of drug-likeness (QED) is 0.358. The van der Waals surface area contributed by atoms with Crippen molar-refractivity contribution >= 4 is 23.5 Å². The Kier molecular flexibility index (Phi) is 7.89. The smallest absolute Gasteiger partial charge is 0.345 e. The lowest BCUT2D eigenvalue weighted by Crippen LogP contribution is -2.34. The second-order valence-corrected chi connectivity index (χ2v) is 5.86. The van der Waals surface area contributed by atoms with Gasteiger partial charge in [0.25, 0.3) is 17.5 Å². The largest absolute Gasteiger partial charge is 0.496 e. The molecule has 0 heterocycles. The van der Waals surface area contributed by atoms with Crippen molar-refractivity contribution in [2.24, 2.45) is 0 Å². The number of esters is 1. The number of hydrogen-bond donors (Lipinski definition) is 1. The molecule has 1 N–H and O–H groups in total. The van der Waals surface area contributed by atoms with Crippen molar-refractivity contribution in [1.29, 1.82) is 0 Å². The number of nitro groups is 1. The first kappa shape index (κ1) is 23.1. The van der Waals surface area contributed by atoms with Crippen molar-refractivity contribution in [2.45, 2.75) is 6.92 Å². The third kappa shape index (κ3) is 5.69. The van der Waals surface area contributed by atoms with Gasteiger partial charge >= 0.3 is 5.97 Å². The van der Waals surface area contributed by atoms with E-state index in [9.17, 15) is 24.5 Å². The number of para-hydroxylation sites is 1. The van der Waals surface area contributed by atoms with E-state index in [-0.39, 0.29) is 29.4 Å². The molecule has 2 aromatic rings. The van der Waals surface area contributed by atoms with E-state index in [1.165, 1.54) is 26.4 Å². The summed E-state index contributed by atoms with van der Waals surface area (Å²) < 4.78 is 20.2. The van der Waals surface area contributed by atoms with Crippen molar-refractivity contribution in [2.75, 3.05) is 27.4 Å². The summed E-state index contributed by atoms with van der Waals surface area (Å²) in [5.41, 5.74) is -0.912. The maximum Gasteiger partial charge on any atom is 0.345 e. The van der Waals surface area contributed by atoms with E-state index in [2.05, 4.69) is 0 Å². The highest BCUT2D eigenvalue weighted by molar-refractivity contribution is 6.07. The summed E-state index contributed by atoms with van der Waals surface area (Å²) in [7, 11) is 2.67. The maximum absolute atomic E-state index is 12.4. The summed E-state index contributed by atoms with van der Waals surface area (Å²) in [6, 6.07) is 8.34. The van der Waals surface area contributed by atoms with Crippen molar-refractivity contribution in [3.05, 3.63) is 57.6 Å². The van der Waals surface area contributed by atoms with Crippen LogP contribution in [0.1, 0.15) is 27.6 Å². The Balaban J connectivity index is 2.12. The van der Waals surface area contributed by atoms with Gasteiger partial charge in [-0.2, -0.15) is 0 Å². The predicted molar refractivity (Wildman–Crippen MR) is 107 cm³/mol. The number of amides is 2. The number of nitrogens with zero attached hydrogens (tertiary/aromatic N) is 1. The molecule has 0 saturated heterocycles. The Morgan fingerprint density at radius 3 is 2.29 bits per heavy atom. The van der Waals surface area contributed by atoms with Crippen LogP contribution >= 0.6 is 0 Å². The Hall–Kier alpha value is -4.15. The van der Waals surface area contributed by atoms with Crippen molar-refractivity contribution in [3.63, 3.8) is 0 Å². The molecule has 0 radical (unpaired) electrons. The van der Waals surface area contributed by atoms with E-state index < -0.39 is 40.6 Å². The lowest BCUT2D eigenvalue weighted by Gasteiger charge is -2.12. The zero-order valence-electron chi connectivity index (χ0n) is 17.0. The lowest BCUT2D eigenvalue weighted by molar-refractivity contribution is -0.385. The maximum atomic E-state index is 12.4. The fraction of sp³-hybridized carbons (Fsp3) is 0.250. The zero-order valence-corrected chi connectivity index (χ0v) is 17.0. The fourth-order valence-electron chi connectivity index (χ4n) is 2.56. The molecule has 0 bridgehead atoms. The van der Waals surface area contributed by atoms with E-state index >= 15 is 0 Å². The van der Waals surface area contributed by atoms with Crippen LogP contribution in [0.5, 0.6) is 17.2 Å². The number of benzene rings is 2. The van der Waals surface area contributed by atoms with Crippen LogP contribution in [0.4, 0.5) is 5.69 Å². The first-order valence-electron chi connectivity index (χ1n) is 8.95. The number of methoxy groups -OCH3 is 2. The number of carbonyl (C=O) groups is 3. The summed E-state index contributed by atoms with van der Waals surface area (Å²) in [6.07, 6.45) is 0. The second kappa shape index (κ2) is 10.6. The van der Waals surface area contributed by atoms with Gasteiger partial charge in [-0.1, -0.05) is 12.1 Å². The van der Waals surface area contributed by atoms with Gasteiger partial charge in [-0.25, -0.2) is 4.79 Å². The molecular formula is C20H20N2O9. The van der Waals surface area contributed by atoms with Gasteiger partial charge in [0.05, 0.1) is 37.4 Å². The molecule has 0 fully saturated rings. The number of imide groups is 1. The molecule has 31 heavy (non-hydrogen) atoms. The number of rotatable bonds is 9. The number of nitrogens with one attached hydrogen (secondary N) is 1. The van der Waals surface area contributed by atoms with Crippen LogP contribution in [0.3, 0.4) is 0 Å². The van der Waals surface area contributed by atoms with Crippen LogP contribution < -0.4 is 19.5 Å². The Bertz CT molecular complexity index is 1000. The zero-order chi connectivity index (χ0) is 23.0. The second-order valence-electron chi connectivity index (χ2n) is 5.86. The first-order valence-corrected chi connectivity index (χ1v) is 8.95. The number of carbonyl (C=O) groups excluding carboxylic acids is 3. The summed E-state index contributed by atoms with van der Waals surface area (Å²) in [5, 5.41) is 13.4. The van der Waals surface area contributed by atoms with Crippen LogP contribution in [0, 0.1) is 10.1 Å². The number of ether oxygens (including phenoxy) is 4. The molecule has 11 heteroatoms. The Morgan fingerprint density at radius 1 is 1.00 bits per heavy atom. The SMILES string of the molecule is CCOc1cc([N+](=O)[O-])c(C(=O)OCC(=O)NC(=O)c2ccccc2OC)cc1OC. The van der Waals surface area contributed by atoms with Gasteiger partial charge in [-0.05, 0) is 19.1 Å². The number of hydrogen-bond acceptors (Lipinski definition) is 9. The normalized spacial score (nSPS) is 10.0. The van der Waals surface area contributed by atoms with Gasteiger partial charge in [-0.15, -0.1) is 0 Å². The molecule has 0 saturated carbocycles. The van der Waals surface area contributed by atoms with E-state index in [0.29, 0.717) is 0 Å². The molecule has 0 unspecified atom stereocenters. The Morgan fingerprint density at radius 2 is 1.68 bits per heavy atom. The van der Waals surface area contributed by atoms with E-state index in [0.717, 1.165) is 12.1 Å². The number of nitro benzene ring substituents is 1. The first-order chi connectivity index (χ1) is 14.8. The van der Waals surface area contributed by atoms with Crippen LogP contribution in [0.2, 0.25) is 0 Å². The minimum Gasteiger partial charge on any atom is -0.496 e. The van der Waals surface area contributed by atoms with Gasteiger partial charge in [0.2, 0.25) is 0 Å². The summed E-state index contributed by atoms with van der Waals surface area (Å²) in [5.74, 6) is -2.42. The lowest BCUT2D eigenvalue weighted by atomic mass is 10.1. The van der Waals surface area contributed by atoms with Crippen LogP contribution in [0.15, 0.2) is 36.4 Å². The van der Waals surface area contributed by atoms with Crippen LogP contribution in [-0.2, 0) is 9.53 Å². The third-order valence-corrected chi connectivity index (χ3v) is 3.94. The highest BCUT2D eigenvalue weighted by Crippen LogP contribution is 2.35. The molecule has 2 aromatic carbocycles. The van der Waals surface area contributed by atoms with Gasteiger partial charge in [0.1, 0.15) is 11.3 Å². The molecule has 164 valence electrons. The van der Waals surface area contributed by atoms with Crippen LogP contribution in [0.25, 0.3) is 0 Å². The van der Waals surface area contributed by atoms with E-state index in [1.807, 2.05) is 5.32 Å². The average Bonchev–Trinajstić information content (AvgIpc) is 2.77. The standard InChI is InChI=1S/C20H20N2O9/c1-4-30-17-10-14(22(26)27)13(9-16(17)29-3)20(25)31-11-18(23)21-19(24)12-7-5-6-8-15(12)28-2/h5-10H,4,11H2,1-3H3,(H,21,23,24). The molecule has 0 aliphatic heterocycles. The molecule has 2 amide bonds. The summed E-state index contributed by atoms with van der Waals surface area (Å²) >= 11 is 0. The van der Waals surface area contributed by atoms with Gasteiger partial charge in [0, 0.05) is 6.07 Å². The van der Waals surface area contributed by atoms with Crippen molar-refractivity contribution < 1.29 is 38.3 Å². The van der Waals surface area contributed by atoms with Gasteiger partial charge in [-0.3, -0.25) is 25.0 Å². The molecule has 0 aromatic heterocycles. The highest BCUT2D eigenvalue weighted by atomic mass is 16.6. The highest BCUT2D eigenvalue weighted by Gasteiger charge is 2.26. The fourth-order valence-corrected chi connectivity index (χ4v) is 2.56. The molecule has 0 atom stereocenters. The Labute approximate surface area is 177 Å². The van der Waals surface area contributed by atoms with Crippen molar-refractivity contribution in [1.82, 2.24) is 5.32 Å². The average molecular weight is 432 g/mol. The molecule has 0 aliphatic carbocycles. The third-order valence-electron chi connectivity index (χ3n) is 3.94. The van der Waals surface area contributed by atoms with E-state index in [1.54, 1.807) is 19.1 Å². The molecular weight excluding hydrogens is 412 g/mol. The molecule has 11 nitrogen and oxygen atoms in total. The van der Waals surface area contributed by atoms with Gasteiger partial charge < -0.3 is 18.9 Å². The minimum absolute atomic E-state index is 0.0772. The minimum atomic E-state index is -1.15. The van der Waals surface area contributed by atoms with Gasteiger partial charge in [0.15, 0.2) is 18.1 Å². The summed E-state index contributed by atoms with van der Waals surface area (Å²) in [4.78, 5) is 47.1.